The van der Waals surface area contributed by atoms with Gasteiger partial charge in [-0.2, -0.15) is 0 Å². The molecule has 8 heteroatoms. The van der Waals surface area contributed by atoms with Crippen molar-refractivity contribution in [3.63, 3.8) is 0 Å². The number of nitrogens with two attached hydrogens (primary N) is 1. The maximum Gasteiger partial charge on any atom is 0.255 e. The van der Waals surface area contributed by atoms with Crippen molar-refractivity contribution in [2.24, 2.45) is 5.73 Å². The molecular weight excluding hydrogens is 339 g/mol. The van der Waals surface area contributed by atoms with Gasteiger partial charge in [0.05, 0.1) is 11.6 Å². The number of aliphatic hydroxyl groups is 1. The molecule has 1 unspecified atom stereocenters. The molecule has 0 aliphatic rings. The van der Waals surface area contributed by atoms with Crippen molar-refractivity contribution < 1.29 is 14.6 Å². The molecule has 0 bridgehead atoms. The predicted molar refractivity (Wildman–Crippen MR) is 86.4 cm³/mol. The number of amides is 1. The Kier molecular flexibility index (Phi) is 9.74. The molecule has 1 rings (SSSR count). The summed E-state index contributed by atoms with van der Waals surface area (Å²) in [5.74, 6) is -0.216. The molecule has 0 saturated heterocycles. The summed E-state index contributed by atoms with van der Waals surface area (Å²) >= 11 is 12.0. The Hall–Kier alpha value is -0.720. The van der Waals surface area contributed by atoms with Crippen LogP contribution in [0.3, 0.4) is 0 Å². The van der Waals surface area contributed by atoms with Gasteiger partial charge in [0.25, 0.3) is 5.91 Å². The number of carbonyl (C=O) groups is 1. The Morgan fingerprint density at radius 1 is 1.48 bits per heavy atom. The molecule has 1 aromatic rings. The van der Waals surface area contributed by atoms with Crippen LogP contribution in [0.15, 0.2) is 12.1 Å². The van der Waals surface area contributed by atoms with Gasteiger partial charge in [-0.05, 0) is 18.6 Å². The number of hydrogen-bond acceptors (Lipinski definition) is 4. The van der Waals surface area contributed by atoms with Gasteiger partial charge in [-0.1, -0.05) is 30.1 Å². The second kappa shape index (κ2) is 10.1. The number of nitrogens with one attached hydrogen (secondary N) is 1. The number of primary amides is 1. The summed E-state index contributed by atoms with van der Waals surface area (Å²) in [5, 5.41) is 13.1. The Labute approximate surface area is 140 Å². The molecule has 0 fully saturated rings. The topological polar surface area (TPSA) is 84.6 Å². The zero-order chi connectivity index (χ0) is 15.1. The van der Waals surface area contributed by atoms with E-state index in [2.05, 4.69) is 5.32 Å². The minimum atomic E-state index is -0.586. The number of benzene rings is 1. The Balaban J connectivity index is 0.00000400. The van der Waals surface area contributed by atoms with Gasteiger partial charge in [-0.15, -0.1) is 12.4 Å². The lowest BCUT2D eigenvalue weighted by atomic mass is 10.1. The van der Waals surface area contributed by atoms with E-state index in [1.807, 2.05) is 6.92 Å². The van der Waals surface area contributed by atoms with Crippen LogP contribution in [0, 0.1) is 0 Å². The first kappa shape index (κ1) is 20.3. The van der Waals surface area contributed by atoms with Crippen molar-refractivity contribution in [1.29, 1.82) is 0 Å². The van der Waals surface area contributed by atoms with Crippen molar-refractivity contribution in [2.75, 3.05) is 13.2 Å². The van der Waals surface area contributed by atoms with Gasteiger partial charge < -0.3 is 20.9 Å². The van der Waals surface area contributed by atoms with E-state index < -0.39 is 5.91 Å². The van der Waals surface area contributed by atoms with Crippen molar-refractivity contribution in [2.45, 2.75) is 25.9 Å². The van der Waals surface area contributed by atoms with Gasteiger partial charge in [-0.3, -0.25) is 4.79 Å². The molecule has 4 N–H and O–H groups in total. The van der Waals surface area contributed by atoms with Gasteiger partial charge in [0.15, 0.2) is 6.61 Å². The summed E-state index contributed by atoms with van der Waals surface area (Å²) in [7, 11) is 0. The van der Waals surface area contributed by atoms with Gasteiger partial charge in [0.1, 0.15) is 5.75 Å². The molecule has 0 aromatic heterocycles. The highest BCUT2D eigenvalue weighted by Crippen LogP contribution is 2.32. The first-order valence-corrected chi connectivity index (χ1v) is 6.96. The fraction of sp³-hybridized carbons (Fsp3) is 0.462. The fourth-order valence-electron chi connectivity index (χ4n) is 1.64. The van der Waals surface area contributed by atoms with Crippen LogP contribution in [-0.2, 0) is 11.3 Å². The number of carbonyl (C=O) groups excluding carboxylic acids is 1. The Morgan fingerprint density at radius 3 is 2.67 bits per heavy atom. The van der Waals surface area contributed by atoms with E-state index >= 15 is 0 Å². The average Bonchev–Trinajstić information content (AvgIpc) is 2.38. The SMILES string of the molecule is CCC(CO)NCc1cc(Cl)cc(Cl)c1OCC(N)=O.Cl. The van der Waals surface area contributed by atoms with Gasteiger partial charge in [-0.25, -0.2) is 0 Å². The lowest BCUT2D eigenvalue weighted by molar-refractivity contribution is -0.119. The summed E-state index contributed by atoms with van der Waals surface area (Å²) in [6, 6.07) is 3.20. The van der Waals surface area contributed by atoms with Crippen molar-refractivity contribution >= 4 is 41.5 Å². The summed E-state index contributed by atoms with van der Waals surface area (Å²) in [6.45, 7) is 2.14. The van der Waals surface area contributed by atoms with Crippen LogP contribution in [-0.4, -0.2) is 30.3 Å². The monoisotopic (exact) mass is 356 g/mol. The Morgan fingerprint density at radius 2 is 2.14 bits per heavy atom. The van der Waals surface area contributed by atoms with Crippen LogP contribution in [0.1, 0.15) is 18.9 Å². The van der Waals surface area contributed by atoms with E-state index in [1.54, 1.807) is 6.07 Å². The van der Waals surface area contributed by atoms with Crippen molar-refractivity contribution in [3.05, 3.63) is 27.7 Å². The molecule has 0 spiro atoms. The second-order valence-corrected chi connectivity index (χ2v) is 5.14. The average molecular weight is 358 g/mol. The third-order valence-electron chi connectivity index (χ3n) is 2.74. The van der Waals surface area contributed by atoms with Crippen LogP contribution in [0.25, 0.3) is 0 Å². The molecule has 120 valence electrons. The minimum absolute atomic E-state index is 0. The Bertz CT molecular complexity index is 468. The summed E-state index contributed by atoms with van der Waals surface area (Å²) in [4.78, 5) is 10.8. The zero-order valence-corrected chi connectivity index (χ0v) is 13.9. The molecule has 1 amide bonds. The highest BCUT2D eigenvalue weighted by Gasteiger charge is 2.13. The predicted octanol–water partition coefficient (Wildman–Crippen LogP) is 2.14. The van der Waals surface area contributed by atoms with Crippen molar-refractivity contribution in [1.82, 2.24) is 5.32 Å². The fourth-order valence-corrected chi connectivity index (χ4v) is 2.23. The van der Waals surface area contributed by atoms with Crippen LogP contribution < -0.4 is 15.8 Å². The molecular formula is C13H19Cl3N2O3. The van der Waals surface area contributed by atoms with Crippen molar-refractivity contribution in [3.8, 4) is 5.75 Å². The molecule has 0 saturated carbocycles. The number of aliphatic hydroxyl groups excluding tert-OH is 1. The summed E-state index contributed by atoms with van der Waals surface area (Å²) in [5.41, 5.74) is 5.76. The third kappa shape index (κ3) is 6.72. The molecule has 1 atom stereocenters. The molecule has 0 radical (unpaired) electrons. The van der Waals surface area contributed by atoms with E-state index in [0.29, 0.717) is 27.9 Å². The number of hydrogen-bond donors (Lipinski definition) is 3. The van der Waals surface area contributed by atoms with E-state index in [0.717, 1.165) is 6.42 Å². The largest absolute Gasteiger partial charge is 0.482 e. The lowest BCUT2D eigenvalue weighted by Gasteiger charge is -2.17. The quantitative estimate of drug-likeness (QED) is 0.665. The van der Waals surface area contributed by atoms with Gasteiger partial charge in [0.2, 0.25) is 0 Å². The standard InChI is InChI=1S/C13H18Cl2N2O3.ClH/c1-2-10(6-18)17-5-8-3-9(14)4-11(15)13(8)20-7-12(16)19;/h3-4,10,17-18H,2,5-7H2,1H3,(H2,16,19);1H. The normalized spacial score (nSPS) is 11.6. The smallest absolute Gasteiger partial charge is 0.255 e. The maximum atomic E-state index is 10.8. The first-order chi connectivity index (χ1) is 9.47. The number of halogens is 3. The van der Waals surface area contributed by atoms with Crippen LogP contribution in [0.2, 0.25) is 10.0 Å². The third-order valence-corrected chi connectivity index (χ3v) is 3.24. The molecule has 5 nitrogen and oxygen atoms in total. The van der Waals surface area contributed by atoms with Crippen LogP contribution in [0.5, 0.6) is 5.75 Å². The number of rotatable bonds is 8. The molecule has 0 heterocycles. The van der Waals surface area contributed by atoms with Crippen LogP contribution in [0.4, 0.5) is 0 Å². The minimum Gasteiger partial charge on any atom is -0.482 e. The highest BCUT2D eigenvalue weighted by atomic mass is 35.5. The zero-order valence-electron chi connectivity index (χ0n) is 11.6. The maximum absolute atomic E-state index is 10.8. The first-order valence-electron chi connectivity index (χ1n) is 6.21. The summed E-state index contributed by atoms with van der Waals surface area (Å²) < 4.78 is 5.32. The van der Waals surface area contributed by atoms with E-state index in [-0.39, 0.29) is 31.7 Å². The van der Waals surface area contributed by atoms with Gasteiger partial charge >= 0.3 is 0 Å². The van der Waals surface area contributed by atoms with E-state index in [4.69, 9.17) is 38.8 Å². The highest BCUT2D eigenvalue weighted by molar-refractivity contribution is 6.35. The van der Waals surface area contributed by atoms with Gasteiger partial charge in [0, 0.05) is 23.2 Å². The van der Waals surface area contributed by atoms with E-state index in [9.17, 15) is 4.79 Å². The molecule has 21 heavy (non-hydrogen) atoms. The van der Waals surface area contributed by atoms with Crippen LogP contribution >= 0.6 is 35.6 Å². The number of ether oxygens (including phenoxy) is 1. The molecule has 0 aliphatic carbocycles. The summed E-state index contributed by atoms with van der Waals surface area (Å²) in [6.07, 6.45) is 0.780. The second-order valence-electron chi connectivity index (χ2n) is 4.30. The molecule has 1 aromatic carbocycles. The molecule has 0 aliphatic heterocycles. The van der Waals surface area contributed by atoms with E-state index in [1.165, 1.54) is 6.07 Å². The lowest BCUT2D eigenvalue weighted by Crippen LogP contribution is -2.31.